The van der Waals surface area contributed by atoms with E-state index in [0.29, 0.717) is 11.7 Å². The maximum atomic E-state index is 10.6. The fourth-order valence-electron chi connectivity index (χ4n) is 0.959. The first kappa shape index (κ1) is 12.6. The molecule has 0 aliphatic carbocycles. The minimum Gasteiger partial charge on any atom is -0.480 e. The van der Waals surface area contributed by atoms with Crippen molar-refractivity contribution >= 4 is 5.97 Å². The summed E-state index contributed by atoms with van der Waals surface area (Å²) in [4.78, 5) is 14.7. The number of hydrogen-bond donors (Lipinski definition) is 2. The van der Waals surface area contributed by atoms with E-state index in [9.17, 15) is 4.79 Å². The molecule has 6 nitrogen and oxygen atoms in total. The number of carboxylic acids is 1. The number of nitrogens with zero attached hydrogens (tertiary/aromatic N) is 2. The second-order valence-corrected chi connectivity index (χ2v) is 4.70. The third-order valence-corrected chi connectivity index (χ3v) is 2.07. The lowest BCUT2D eigenvalue weighted by atomic mass is 9.96. The first-order chi connectivity index (χ1) is 7.30. The lowest BCUT2D eigenvalue weighted by Gasteiger charge is -2.11. The SMILES string of the molecule is C[C@H](NCc1nc(C(C)(C)C)no1)C(=O)O. The van der Waals surface area contributed by atoms with Crippen LogP contribution in [-0.2, 0) is 16.8 Å². The Hall–Kier alpha value is -1.43. The Morgan fingerprint density at radius 3 is 2.62 bits per heavy atom. The second-order valence-electron chi connectivity index (χ2n) is 4.70. The van der Waals surface area contributed by atoms with Gasteiger partial charge in [0, 0.05) is 5.41 Å². The van der Waals surface area contributed by atoms with Crippen molar-refractivity contribution in [2.45, 2.75) is 45.7 Å². The number of aromatic nitrogens is 2. The zero-order chi connectivity index (χ0) is 12.3. The average Bonchev–Trinajstić information content (AvgIpc) is 2.61. The van der Waals surface area contributed by atoms with Crippen LogP contribution in [0.5, 0.6) is 0 Å². The number of rotatable bonds is 4. The molecule has 0 bridgehead atoms. The fourth-order valence-corrected chi connectivity index (χ4v) is 0.959. The van der Waals surface area contributed by atoms with Crippen LogP contribution in [-0.4, -0.2) is 27.3 Å². The van der Waals surface area contributed by atoms with Crippen LogP contribution < -0.4 is 5.32 Å². The molecule has 0 amide bonds. The summed E-state index contributed by atoms with van der Waals surface area (Å²) in [6, 6.07) is -0.634. The van der Waals surface area contributed by atoms with E-state index in [1.165, 1.54) is 0 Å². The van der Waals surface area contributed by atoms with Gasteiger partial charge in [0.1, 0.15) is 6.04 Å². The van der Waals surface area contributed by atoms with Gasteiger partial charge in [-0.15, -0.1) is 0 Å². The monoisotopic (exact) mass is 227 g/mol. The zero-order valence-corrected chi connectivity index (χ0v) is 9.94. The predicted molar refractivity (Wildman–Crippen MR) is 56.9 cm³/mol. The minimum atomic E-state index is -0.907. The van der Waals surface area contributed by atoms with E-state index in [4.69, 9.17) is 9.63 Å². The molecule has 1 aromatic heterocycles. The highest BCUT2D eigenvalue weighted by atomic mass is 16.5. The molecule has 1 aromatic rings. The van der Waals surface area contributed by atoms with E-state index in [-0.39, 0.29) is 12.0 Å². The second kappa shape index (κ2) is 4.61. The molecule has 16 heavy (non-hydrogen) atoms. The molecule has 1 heterocycles. The summed E-state index contributed by atoms with van der Waals surface area (Å²) in [5.41, 5.74) is -0.167. The van der Waals surface area contributed by atoms with Gasteiger partial charge in [-0.2, -0.15) is 4.98 Å². The molecule has 0 aliphatic heterocycles. The number of nitrogens with one attached hydrogen (secondary N) is 1. The summed E-state index contributed by atoms with van der Waals surface area (Å²) in [6.07, 6.45) is 0. The first-order valence-corrected chi connectivity index (χ1v) is 5.10. The first-order valence-electron chi connectivity index (χ1n) is 5.10. The third kappa shape index (κ3) is 3.30. The van der Waals surface area contributed by atoms with Crippen LogP contribution in [0, 0.1) is 0 Å². The molecule has 0 aromatic carbocycles. The molecule has 0 spiro atoms. The molecule has 0 saturated carbocycles. The Labute approximate surface area is 94.0 Å². The number of hydrogen-bond acceptors (Lipinski definition) is 5. The average molecular weight is 227 g/mol. The molecular formula is C10H17N3O3. The number of aliphatic carboxylic acids is 1. The van der Waals surface area contributed by atoms with Gasteiger partial charge in [-0.05, 0) is 6.92 Å². The zero-order valence-electron chi connectivity index (χ0n) is 9.94. The molecule has 0 fully saturated rings. The van der Waals surface area contributed by atoms with Crippen molar-refractivity contribution in [1.82, 2.24) is 15.5 Å². The van der Waals surface area contributed by atoms with Crippen LogP contribution >= 0.6 is 0 Å². The largest absolute Gasteiger partial charge is 0.480 e. The van der Waals surface area contributed by atoms with Gasteiger partial charge in [0.05, 0.1) is 6.54 Å². The molecular weight excluding hydrogens is 210 g/mol. The normalized spacial score (nSPS) is 13.8. The number of carboxylic acid groups (broad SMARTS) is 1. The van der Waals surface area contributed by atoms with Crippen molar-refractivity contribution in [3.05, 3.63) is 11.7 Å². The van der Waals surface area contributed by atoms with Gasteiger partial charge in [-0.25, -0.2) is 0 Å². The van der Waals surface area contributed by atoms with Gasteiger partial charge in [0.15, 0.2) is 5.82 Å². The molecule has 0 unspecified atom stereocenters. The summed E-state index contributed by atoms with van der Waals surface area (Å²) < 4.78 is 5.00. The van der Waals surface area contributed by atoms with Crippen molar-refractivity contribution in [2.24, 2.45) is 0 Å². The summed E-state index contributed by atoms with van der Waals surface area (Å²) in [5, 5.41) is 15.3. The molecule has 90 valence electrons. The van der Waals surface area contributed by atoms with E-state index in [0.717, 1.165) is 0 Å². The Morgan fingerprint density at radius 1 is 1.56 bits per heavy atom. The van der Waals surface area contributed by atoms with Crippen LogP contribution in [0.2, 0.25) is 0 Å². The van der Waals surface area contributed by atoms with Crippen molar-refractivity contribution in [3.63, 3.8) is 0 Å². The van der Waals surface area contributed by atoms with Gasteiger partial charge in [-0.1, -0.05) is 25.9 Å². The van der Waals surface area contributed by atoms with Gasteiger partial charge >= 0.3 is 5.97 Å². The molecule has 0 radical (unpaired) electrons. The quantitative estimate of drug-likeness (QED) is 0.795. The lowest BCUT2D eigenvalue weighted by molar-refractivity contribution is -0.139. The lowest BCUT2D eigenvalue weighted by Crippen LogP contribution is -2.33. The standard InChI is InChI=1S/C10H17N3O3/c1-6(8(14)15)11-5-7-12-9(13-16-7)10(2,3)4/h6,11H,5H2,1-4H3,(H,14,15)/t6-/m0/s1. The summed E-state index contributed by atoms with van der Waals surface area (Å²) in [5.74, 6) is 0.112. The van der Waals surface area contributed by atoms with Gasteiger partial charge in [0.25, 0.3) is 0 Å². The predicted octanol–water partition coefficient (Wildman–Crippen LogP) is 0.930. The number of carbonyl (C=O) groups is 1. The van der Waals surface area contributed by atoms with Crippen molar-refractivity contribution < 1.29 is 14.4 Å². The van der Waals surface area contributed by atoms with Crippen LogP contribution in [0.25, 0.3) is 0 Å². The topological polar surface area (TPSA) is 88.3 Å². The Bertz CT molecular complexity index is 368. The Balaban J connectivity index is 2.57. The van der Waals surface area contributed by atoms with Crippen LogP contribution in [0.15, 0.2) is 4.52 Å². The van der Waals surface area contributed by atoms with Crippen molar-refractivity contribution in [1.29, 1.82) is 0 Å². The van der Waals surface area contributed by atoms with Gasteiger partial charge < -0.3 is 9.63 Å². The highest BCUT2D eigenvalue weighted by Gasteiger charge is 2.21. The molecule has 6 heteroatoms. The van der Waals surface area contributed by atoms with Crippen LogP contribution in [0.3, 0.4) is 0 Å². The smallest absolute Gasteiger partial charge is 0.320 e. The maximum absolute atomic E-state index is 10.6. The summed E-state index contributed by atoms with van der Waals surface area (Å²) in [7, 11) is 0. The summed E-state index contributed by atoms with van der Waals surface area (Å²) >= 11 is 0. The van der Waals surface area contributed by atoms with Crippen molar-refractivity contribution in [3.8, 4) is 0 Å². The Kier molecular flexibility index (Phi) is 3.64. The minimum absolute atomic E-state index is 0.167. The highest BCUT2D eigenvalue weighted by Crippen LogP contribution is 2.18. The van der Waals surface area contributed by atoms with Gasteiger partial charge in [-0.3, -0.25) is 10.1 Å². The molecule has 2 N–H and O–H groups in total. The van der Waals surface area contributed by atoms with Crippen LogP contribution in [0.1, 0.15) is 39.4 Å². The van der Waals surface area contributed by atoms with Crippen LogP contribution in [0.4, 0.5) is 0 Å². The molecule has 1 atom stereocenters. The van der Waals surface area contributed by atoms with E-state index in [1.807, 2.05) is 20.8 Å². The molecule has 1 rings (SSSR count). The highest BCUT2D eigenvalue weighted by molar-refractivity contribution is 5.72. The van der Waals surface area contributed by atoms with Crippen molar-refractivity contribution in [2.75, 3.05) is 0 Å². The third-order valence-electron chi connectivity index (χ3n) is 2.07. The summed E-state index contributed by atoms with van der Waals surface area (Å²) in [6.45, 7) is 7.76. The fraction of sp³-hybridized carbons (Fsp3) is 0.700. The van der Waals surface area contributed by atoms with E-state index in [2.05, 4.69) is 15.5 Å². The van der Waals surface area contributed by atoms with E-state index < -0.39 is 12.0 Å². The molecule has 0 aliphatic rings. The maximum Gasteiger partial charge on any atom is 0.320 e. The Morgan fingerprint density at radius 2 is 2.19 bits per heavy atom. The van der Waals surface area contributed by atoms with E-state index in [1.54, 1.807) is 6.92 Å². The van der Waals surface area contributed by atoms with E-state index >= 15 is 0 Å². The van der Waals surface area contributed by atoms with Gasteiger partial charge in [0.2, 0.25) is 5.89 Å². The molecule has 0 saturated heterocycles.